The number of benzene rings is 1. The first-order chi connectivity index (χ1) is 14.1. The molecule has 0 atom stereocenters. The van der Waals surface area contributed by atoms with E-state index < -0.39 is 0 Å². The minimum atomic E-state index is 0.292. The molecule has 1 fully saturated rings. The average Bonchev–Trinajstić information content (AvgIpc) is 3.36. The summed E-state index contributed by atoms with van der Waals surface area (Å²) in [6, 6.07) is 12.4. The highest BCUT2D eigenvalue weighted by Crippen LogP contribution is 2.30. The Morgan fingerprint density at radius 3 is 2.69 bits per heavy atom. The zero-order valence-corrected chi connectivity index (χ0v) is 17.9. The number of anilines is 2. The summed E-state index contributed by atoms with van der Waals surface area (Å²) in [6.45, 7) is 3.34. The zero-order valence-electron chi connectivity index (χ0n) is 17.0. The van der Waals surface area contributed by atoms with Crippen molar-refractivity contribution in [2.45, 2.75) is 25.8 Å². The van der Waals surface area contributed by atoms with Gasteiger partial charge in [0.2, 0.25) is 11.9 Å². The number of amides is 1. The standard InChI is InChI=1S/C22H27N5OS/c1-25(12-7-14-27-13-6-10-19(27)28)21-20-18(11-15-29-20)23-22(24-21)26(2)16-17-8-4-3-5-9-17/h3-5,8-9,11,15H,6-7,10,12-14,16H2,1-2H3. The summed E-state index contributed by atoms with van der Waals surface area (Å²) in [5, 5.41) is 2.07. The molecule has 1 saturated heterocycles. The molecule has 7 heteroatoms. The van der Waals surface area contributed by atoms with Gasteiger partial charge in [0.15, 0.2) is 5.82 Å². The van der Waals surface area contributed by atoms with Gasteiger partial charge in [0.05, 0.1) is 10.2 Å². The van der Waals surface area contributed by atoms with Crippen LogP contribution in [0.2, 0.25) is 0 Å². The molecule has 29 heavy (non-hydrogen) atoms. The van der Waals surface area contributed by atoms with E-state index in [2.05, 4.69) is 52.6 Å². The Hall–Kier alpha value is -2.67. The number of hydrogen-bond donors (Lipinski definition) is 0. The fourth-order valence-corrected chi connectivity index (χ4v) is 4.61. The van der Waals surface area contributed by atoms with Crippen LogP contribution in [0.5, 0.6) is 0 Å². The third kappa shape index (κ3) is 4.50. The van der Waals surface area contributed by atoms with Gasteiger partial charge in [-0.1, -0.05) is 30.3 Å². The molecule has 1 amide bonds. The number of hydrogen-bond acceptors (Lipinski definition) is 6. The van der Waals surface area contributed by atoms with Crippen molar-refractivity contribution in [2.24, 2.45) is 0 Å². The molecule has 0 unspecified atom stereocenters. The van der Waals surface area contributed by atoms with E-state index in [1.807, 2.05) is 18.0 Å². The minimum Gasteiger partial charge on any atom is -0.358 e. The number of carbonyl (C=O) groups excluding carboxylic acids is 1. The summed E-state index contributed by atoms with van der Waals surface area (Å²) in [5.74, 6) is 1.99. The van der Waals surface area contributed by atoms with Crippen LogP contribution in [0.15, 0.2) is 41.8 Å². The van der Waals surface area contributed by atoms with Gasteiger partial charge in [-0.2, -0.15) is 4.98 Å². The quantitative estimate of drug-likeness (QED) is 0.567. The molecule has 1 aliphatic heterocycles. The number of nitrogens with zero attached hydrogens (tertiary/aromatic N) is 5. The Kier molecular flexibility index (Phi) is 5.94. The summed E-state index contributed by atoms with van der Waals surface area (Å²) in [4.78, 5) is 27.8. The van der Waals surface area contributed by atoms with E-state index in [0.29, 0.717) is 12.3 Å². The van der Waals surface area contributed by atoms with Crippen LogP contribution in [0.4, 0.5) is 11.8 Å². The number of fused-ring (bicyclic) bond motifs is 1. The Morgan fingerprint density at radius 1 is 1.10 bits per heavy atom. The molecule has 4 rings (SSSR count). The molecule has 1 aromatic carbocycles. The fraction of sp³-hybridized carbons (Fsp3) is 0.409. The van der Waals surface area contributed by atoms with Crippen molar-refractivity contribution < 1.29 is 4.79 Å². The first-order valence-electron chi connectivity index (χ1n) is 10.1. The maximum absolute atomic E-state index is 11.8. The van der Waals surface area contributed by atoms with Gasteiger partial charge >= 0.3 is 0 Å². The highest BCUT2D eigenvalue weighted by Gasteiger charge is 2.20. The summed E-state index contributed by atoms with van der Waals surface area (Å²) < 4.78 is 1.11. The van der Waals surface area contributed by atoms with Crippen molar-refractivity contribution in [3.05, 3.63) is 47.3 Å². The molecule has 0 spiro atoms. The molecular weight excluding hydrogens is 382 g/mol. The molecule has 3 heterocycles. The van der Waals surface area contributed by atoms with Crippen molar-refractivity contribution in [1.82, 2.24) is 14.9 Å². The van der Waals surface area contributed by atoms with Gasteiger partial charge in [-0.3, -0.25) is 4.79 Å². The first-order valence-corrected chi connectivity index (χ1v) is 11.0. The lowest BCUT2D eigenvalue weighted by molar-refractivity contribution is -0.127. The molecule has 0 N–H and O–H groups in total. The van der Waals surface area contributed by atoms with E-state index in [1.165, 1.54) is 5.56 Å². The summed E-state index contributed by atoms with van der Waals surface area (Å²) in [6.07, 6.45) is 2.64. The topological polar surface area (TPSA) is 52.6 Å². The molecule has 1 aliphatic rings. The summed E-state index contributed by atoms with van der Waals surface area (Å²) in [5.41, 5.74) is 2.21. The van der Waals surface area contributed by atoms with Crippen LogP contribution in [0.1, 0.15) is 24.8 Å². The van der Waals surface area contributed by atoms with E-state index in [0.717, 1.165) is 61.0 Å². The highest BCUT2D eigenvalue weighted by atomic mass is 32.1. The number of carbonyl (C=O) groups is 1. The van der Waals surface area contributed by atoms with E-state index in [4.69, 9.17) is 9.97 Å². The van der Waals surface area contributed by atoms with Gasteiger partial charge in [-0.15, -0.1) is 11.3 Å². The Labute approximate surface area is 175 Å². The molecule has 0 aliphatic carbocycles. The second kappa shape index (κ2) is 8.78. The van der Waals surface area contributed by atoms with E-state index in [-0.39, 0.29) is 0 Å². The third-order valence-corrected chi connectivity index (χ3v) is 6.23. The van der Waals surface area contributed by atoms with Gasteiger partial charge in [-0.25, -0.2) is 4.98 Å². The van der Waals surface area contributed by atoms with Crippen molar-refractivity contribution >= 4 is 39.2 Å². The smallest absolute Gasteiger partial charge is 0.227 e. The molecule has 6 nitrogen and oxygen atoms in total. The molecular formula is C22H27N5OS. The Bertz CT molecular complexity index is 974. The number of likely N-dealkylation sites (tertiary alicyclic amines) is 1. The SMILES string of the molecule is CN(Cc1ccccc1)c1nc(N(C)CCCN2CCCC2=O)c2sccc2n1. The molecule has 0 bridgehead atoms. The van der Waals surface area contributed by atoms with Crippen molar-refractivity contribution in [2.75, 3.05) is 43.5 Å². The number of rotatable bonds is 8. The Balaban J connectivity index is 1.49. The maximum atomic E-state index is 11.8. The van der Waals surface area contributed by atoms with Gasteiger partial charge in [-0.05, 0) is 29.9 Å². The van der Waals surface area contributed by atoms with Crippen LogP contribution >= 0.6 is 11.3 Å². The molecule has 3 aromatic rings. The molecule has 0 radical (unpaired) electrons. The van der Waals surface area contributed by atoms with Crippen molar-refractivity contribution in [3.63, 3.8) is 0 Å². The third-order valence-electron chi connectivity index (χ3n) is 5.33. The molecule has 0 saturated carbocycles. The van der Waals surface area contributed by atoms with Crippen LogP contribution < -0.4 is 9.80 Å². The van der Waals surface area contributed by atoms with Crippen LogP contribution in [-0.2, 0) is 11.3 Å². The Morgan fingerprint density at radius 2 is 1.93 bits per heavy atom. The van der Waals surface area contributed by atoms with Gasteiger partial charge in [0.1, 0.15) is 0 Å². The van der Waals surface area contributed by atoms with E-state index >= 15 is 0 Å². The van der Waals surface area contributed by atoms with E-state index in [1.54, 1.807) is 11.3 Å². The lowest BCUT2D eigenvalue weighted by atomic mass is 10.2. The predicted molar refractivity (Wildman–Crippen MR) is 120 cm³/mol. The predicted octanol–water partition coefficient (Wildman–Crippen LogP) is 3.78. The first kappa shape index (κ1) is 19.6. The highest BCUT2D eigenvalue weighted by molar-refractivity contribution is 7.17. The van der Waals surface area contributed by atoms with Gasteiger partial charge in [0, 0.05) is 46.7 Å². The lowest BCUT2D eigenvalue weighted by Gasteiger charge is -2.23. The number of thiophene rings is 1. The fourth-order valence-electron chi connectivity index (χ4n) is 3.74. The molecule has 2 aromatic heterocycles. The summed E-state index contributed by atoms with van der Waals surface area (Å²) in [7, 11) is 4.11. The molecule has 152 valence electrons. The second-order valence-electron chi connectivity index (χ2n) is 7.58. The monoisotopic (exact) mass is 409 g/mol. The zero-order chi connectivity index (χ0) is 20.2. The van der Waals surface area contributed by atoms with Crippen LogP contribution in [-0.4, -0.2) is 54.5 Å². The number of aromatic nitrogens is 2. The van der Waals surface area contributed by atoms with Gasteiger partial charge in [0.25, 0.3) is 0 Å². The lowest BCUT2D eigenvalue weighted by Crippen LogP contribution is -2.29. The van der Waals surface area contributed by atoms with Crippen LogP contribution in [0, 0.1) is 0 Å². The van der Waals surface area contributed by atoms with Crippen LogP contribution in [0.3, 0.4) is 0 Å². The van der Waals surface area contributed by atoms with Crippen LogP contribution in [0.25, 0.3) is 10.2 Å². The average molecular weight is 410 g/mol. The largest absolute Gasteiger partial charge is 0.358 e. The van der Waals surface area contributed by atoms with Crippen molar-refractivity contribution in [3.8, 4) is 0 Å². The van der Waals surface area contributed by atoms with Crippen molar-refractivity contribution in [1.29, 1.82) is 0 Å². The maximum Gasteiger partial charge on any atom is 0.227 e. The van der Waals surface area contributed by atoms with Gasteiger partial charge < -0.3 is 14.7 Å². The minimum absolute atomic E-state index is 0.292. The second-order valence-corrected chi connectivity index (χ2v) is 8.50. The van der Waals surface area contributed by atoms with E-state index in [9.17, 15) is 4.79 Å². The summed E-state index contributed by atoms with van der Waals surface area (Å²) >= 11 is 1.68. The normalized spacial score (nSPS) is 14.0.